The molecular weight excluding hydrogens is 418 g/mol. The average molecular weight is 444 g/mol. The summed E-state index contributed by atoms with van der Waals surface area (Å²) in [4.78, 5) is 17.1. The summed E-state index contributed by atoms with van der Waals surface area (Å²) in [5.74, 6) is 0.989. The van der Waals surface area contributed by atoms with Gasteiger partial charge < -0.3 is 14.8 Å². The van der Waals surface area contributed by atoms with E-state index in [9.17, 15) is 13.2 Å². The molecule has 1 atom stereocenters. The van der Waals surface area contributed by atoms with Crippen molar-refractivity contribution in [3.8, 4) is 11.5 Å². The highest BCUT2D eigenvalue weighted by Gasteiger charge is 2.31. The summed E-state index contributed by atoms with van der Waals surface area (Å²) in [5, 5.41) is 2.96. The van der Waals surface area contributed by atoms with Crippen LogP contribution in [0, 0.1) is 5.92 Å². The molecule has 2 heterocycles. The van der Waals surface area contributed by atoms with Crippen molar-refractivity contribution in [2.75, 3.05) is 19.8 Å². The molecule has 1 N–H and O–H groups in total. The Morgan fingerprint density at radius 2 is 1.87 bits per heavy atom. The predicted molar refractivity (Wildman–Crippen MR) is 116 cm³/mol. The number of hydrogen-bond donors (Lipinski definition) is 1. The van der Waals surface area contributed by atoms with E-state index in [1.54, 1.807) is 18.2 Å². The minimum absolute atomic E-state index is 0.0704. The highest BCUT2D eigenvalue weighted by Crippen LogP contribution is 2.34. The lowest BCUT2D eigenvalue weighted by Crippen LogP contribution is -2.42. The lowest BCUT2D eigenvalue weighted by atomic mass is 9.95. The fourth-order valence-corrected chi connectivity index (χ4v) is 4.94. The van der Waals surface area contributed by atoms with Gasteiger partial charge in [-0.25, -0.2) is 17.7 Å². The van der Waals surface area contributed by atoms with Crippen molar-refractivity contribution in [3.63, 3.8) is 0 Å². The van der Waals surface area contributed by atoms with Gasteiger partial charge in [-0.15, -0.1) is 0 Å². The molecular formula is C22H25N3O5S. The Labute approximate surface area is 181 Å². The van der Waals surface area contributed by atoms with Crippen LogP contribution in [0.5, 0.6) is 11.5 Å². The third-order valence-electron chi connectivity index (χ3n) is 5.19. The first-order valence-electron chi connectivity index (χ1n) is 10.2. The number of carbonyl (C=O) groups excluding carboxylic acids is 1. The van der Waals surface area contributed by atoms with Gasteiger partial charge in [-0.05, 0) is 35.7 Å². The van der Waals surface area contributed by atoms with Crippen molar-refractivity contribution in [2.24, 2.45) is 10.9 Å². The molecule has 0 saturated carbocycles. The van der Waals surface area contributed by atoms with E-state index in [0.717, 1.165) is 16.3 Å². The second-order valence-corrected chi connectivity index (χ2v) is 9.67. The average Bonchev–Trinajstić information content (AvgIpc) is 2.99. The molecule has 0 spiro atoms. The van der Waals surface area contributed by atoms with Crippen molar-refractivity contribution in [1.82, 2.24) is 9.62 Å². The number of rotatable bonds is 5. The van der Waals surface area contributed by atoms with E-state index >= 15 is 0 Å². The summed E-state index contributed by atoms with van der Waals surface area (Å²) in [6, 6.07) is 11.8. The number of para-hydroxylation sites is 1. The molecule has 2 aromatic rings. The van der Waals surface area contributed by atoms with Gasteiger partial charge in [-0.3, -0.25) is 4.79 Å². The number of nitrogens with one attached hydrogen (secondary N) is 1. The third kappa shape index (κ3) is 4.36. The molecule has 9 heteroatoms. The smallest absolute Gasteiger partial charge is 0.267 e. The summed E-state index contributed by atoms with van der Waals surface area (Å²) in [6.07, 6.45) is 2.00. The normalized spacial score (nSPS) is 17.6. The fourth-order valence-electron chi connectivity index (χ4n) is 3.59. The second kappa shape index (κ2) is 8.58. The van der Waals surface area contributed by atoms with E-state index < -0.39 is 15.9 Å². The molecule has 0 saturated heterocycles. The van der Waals surface area contributed by atoms with E-state index in [1.165, 1.54) is 12.4 Å². The molecule has 0 aromatic heterocycles. The van der Waals surface area contributed by atoms with Crippen LogP contribution in [0.4, 0.5) is 5.69 Å². The number of carbonyl (C=O) groups is 1. The topological polar surface area (TPSA) is 97.3 Å². The van der Waals surface area contributed by atoms with Crippen LogP contribution in [0.25, 0.3) is 0 Å². The molecule has 2 aromatic carbocycles. The van der Waals surface area contributed by atoms with E-state index in [-0.39, 0.29) is 23.4 Å². The van der Waals surface area contributed by atoms with Crippen molar-refractivity contribution in [3.05, 3.63) is 48.0 Å². The van der Waals surface area contributed by atoms with Gasteiger partial charge in [0.05, 0.1) is 24.9 Å². The molecule has 4 rings (SSSR count). The van der Waals surface area contributed by atoms with Gasteiger partial charge in [0.1, 0.15) is 17.8 Å². The van der Waals surface area contributed by atoms with E-state index in [4.69, 9.17) is 9.47 Å². The van der Waals surface area contributed by atoms with Crippen LogP contribution in [0.1, 0.15) is 31.9 Å². The van der Waals surface area contributed by atoms with Crippen LogP contribution in [0.2, 0.25) is 0 Å². The zero-order valence-electron chi connectivity index (χ0n) is 17.4. The summed E-state index contributed by atoms with van der Waals surface area (Å²) in [5.41, 5.74) is 1.24. The Hall–Kier alpha value is -3.07. The number of benzene rings is 2. The number of nitrogens with zero attached hydrogens (tertiary/aromatic N) is 2. The van der Waals surface area contributed by atoms with Crippen molar-refractivity contribution < 1.29 is 22.7 Å². The van der Waals surface area contributed by atoms with Crippen LogP contribution in [-0.4, -0.2) is 44.7 Å². The monoisotopic (exact) mass is 443 g/mol. The maximum Gasteiger partial charge on any atom is 0.267 e. The lowest BCUT2D eigenvalue weighted by Gasteiger charge is -2.27. The number of ether oxygens (including phenoxy) is 2. The first-order chi connectivity index (χ1) is 14.9. The molecule has 0 aliphatic carbocycles. The number of amides is 1. The van der Waals surface area contributed by atoms with Crippen molar-refractivity contribution >= 4 is 28.0 Å². The molecule has 2 aliphatic heterocycles. The molecule has 31 heavy (non-hydrogen) atoms. The minimum atomic E-state index is -3.83. The zero-order chi connectivity index (χ0) is 22.0. The number of aliphatic imine (C=N–C) groups is 1. The van der Waals surface area contributed by atoms with Gasteiger partial charge in [0.2, 0.25) is 5.91 Å². The summed E-state index contributed by atoms with van der Waals surface area (Å²) in [7, 11) is -3.83. The Kier molecular flexibility index (Phi) is 5.86. The highest BCUT2D eigenvalue weighted by molar-refractivity contribution is 7.89. The standard InChI is InChI=1S/C22H25N3O5S/c1-15(2)22(16-8-9-18-19(12-16)30-11-5-10-29-18)24-21(26)13-25-14-23-17-6-3-4-7-20(17)31(25,27)28/h3-4,6-9,12,14-15,22H,5,10-11,13H2,1-2H3,(H,24,26). The van der Waals surface area contributed by atoms with Gasteiger partial charge in [0.25, 0.3) is 10.0 Å². The number of fused-ring (bicyclic) bond motifs is 2. The van der Waals surface area contributed by atoms with Gasteiger partial charge in [-0.1, -0.05) is 32.0 Å². The minimum Gasteiger partial charge on any atom is -0.490 e. The zero-order valence-corrected chi connectivity index (χ0v) is 18.3. The van der Waals surface area contributed by atoms with E-state index in [2.05, 4.69) is 10.3 Å². The largest absolute Gasteiger partial charge is 0.490 e. The Morgan fingerprint density at radius 3 is 2.65 bits per heavy atom. The molecule has 1 unspecified atom stereocenters. The van der Waals surface area contributed by atoms with E-state index in [1.807, 2.05) is 32.0 Å². The maximum absolute atomic E-state index is 12.8. The lowest BCUT2D eigenvalue weighted by molar-refractivity contribution is -0.121. The third-order valence-corrected chi connectivity index (χ3v) is 6.93. The Bertz CT molecular complexity index is 1110. The summed E-state index contributed by atoms with van der Waals surface area (Å²) in [6.45, 7) is 4.80. The van der Waals surface area contributed by atoms with Crippen LogP contribution in [0.15, 0.2) is 52.4 Å². The summed E-state index contributed by atoms with van der Waals surface area (Å²) < 4.78 is 38.1. The number of hydrogen-bond acceptors (Lipinski definition) is 6. The fraction of sp³-hybridized carbons (Fsp3) is 0.364. The predicted octanol–water partition coefficient (Wildman–Crippen LogP) is 3.03. The Balaban J connectivity index is 1.51. The first-order valence-corrected chi connectivity index (χ1v) is 11.6. The maximum atomic E-state index is 12.8. The van der Waals surface area contributed by atoms with E-state index in [0.29, 0.717) is 30.4 Å². The molecule has 8 nitrogen and oxygen atoms in total. The van der Waals surface area contributed by atoms with Crippen LogP contribution >= 0.6 is 0 Å². The van der Waals surface area contributed by atoms with Gasteiger partial charge in [0.15, 0.2) is 11.5 Å². The van der Waals surface area contributed by atoms with Crippen LogP contribution < -0.4 is 14.8 Å². The van der Waals surface area contributed by atoms with Gasteiger partial charge >= 0.3 is 0 Å². The molecule has 0 fully saturated rings. The number of sulfonamides is 1. The second-order valence-electron chi connectivity index (χ2n) is 7.81. The quantitative estimate of drug-likeness (QED) is 0.766. The Morgan fingerprint density at radius 1 is 1.13 bits per heavy atom. The highest BCUT2D eigenvalue weighted by atomic mass is 32.2. The van der Waals surface area contributed by atoms with Gasteiger partial charge in [0, 0.05) is 6.42 Å². The molecule has 0 radical (unpaired) electrons. The van der Waals surface area contributed by atoms with Crippen LogP contribution in [-0.2, 0) is 14.8 Å². The SMILES string of the molecule is CC(C)C(NC(=O)CN1C=Nc2ccccc2S1(=O)=O)c1ccc2c(c1)OCCCO2. The van der Waals surface area contributed by atoms with Gasteiger partial charge in [-0.2, -0.15) is 0 Å². The molecule has 2 aliphatic rings. The van der Waals surface area contributed by atoms with Crippen molar-refractivity contribution in [1.29, 1.82) is 0 Å². The van der Waals surface area contributed by atoms with Crippen LogP contribution in [0.3, 0.4) is 0 Å². The molecule has 1 amide bonds. The molecule has 164 valence electrons. The van der Waals surface area contributed by atoms with Crippen molar-refractivity contribution in [2.45, 2.75) is 31.2 Å². The summed E-state index contributed by atoms with van der Waals surface area (Å²) >= 11 is 0. The molecule has 0 bridgehead atoms. The first kappa shape index (κ1) is 21.2.